The molecule has 0 bridgehead atoms. The molecule has 1 fully saturated rings. The summed E-state index contributed by atoms with van der Waals surface area (Å²) in [4.78, 5) is 23.8. The van der Waals surface area contributed by atoms with Gasteiger partial charge >= 0.3 is 5.97 Å². The molecule has 0 saturated carbocycles. The van der Waals surface area contributed by atoms with E-state index in [-0.39, 0.29) is 36.5 Å². The molecular formula is C18H25FN2O5S. The number of carbonyl (C=O) groups is 2. The van der Waals surface area contributed by atoms with Crippen LogP contribution in [0.25, 0.3) is 0 Å². The maximum Gasteiger partial charge on any atom is 0.309 e. The smallest absolute Gasteiger partial charge is 0.309 e. The molecule has 1 amide bonds. The Morgan fingerprint density at radius 2 is 1.85 bits per heavy atom. The Bertz CT molecular complexity index is 758. The van der Waals surface area contributed by atoms with Crippen LogP contribution in [0.1, 0.15) is 33.1 Å². The molecule has 1 aromatic rings. The highest BCUT2D eigenvalue weighted by Crippen LogP contribution is 2.24. The first kappa shape index (κ1) is 21.3. The molecule has 1 heterocycles. The number of rotatable bonds is 7. The minimum atomic E-state index is -3.72. The van der Waals surface area contributed by atoms with Gasteiger partial charge < -0.3 is 10.1 Å². The van der Waals surface area contributed by atoms with Crippen LogP contribution in [0.15, 0.2) is 29.2 Å². The number of nitrogens with one attached hydrogen (secondary N) is 1. The number of amides is 1. The first-order valence-electron chi connectivity index (χ1n) is 8.95. The number of hydrogen-bond donors (Lipinski definition) is 1. The Morgan fingerprint density at radius 3 is 2.41 bits per heavy atom. The van der Waals surface area contributed by atoms with Crippen molar-refractivity contribution in [3.8, 4) is 0 Å². The van der Waals surface area contributed by atoms with Gasteiger partial charge in [-0.25, -0.2) is 12.8 Å². The number of benzene rings is 1. The monoisotopic (exact) mass is 400 g/mol. The van der Waals surface area contributed by atoms with Crippen molar-refractivity contribution in [2.24, 2.45) is 5.92 Å². The standard InChI is InChI=1S/C18H25FN2O5S/c1-3-13(2)20-17(22)12-26-18(23)14-8-10-21(11-9-14)27(24,25)16-6-4-15(19)5-7-16/h4-7,13-14H,3,8-12H2,1-2H3,(H,20,22)/t13-/m1/s1. The topological polar surface area (TPSA) is 92.8 Å². The van der Waals surface area contributed by atoms with Gasteiger partial charge in [0.25, 0.3) is 5.91 Å². The van der Waals surface area contributed by atoms with Crippen LogP contribution >= 0.6 is 0 Å². The number of esters is 1. The molecule has 2 rings (SSSR count). The molecule has 0 aromatic heterocycles. The van der Waals surface area contributed by atoms with Gasteiger partial charge in [-0.15, -0.1) is 0 Å². The molecule has 27 heavy (non-hydrogen) atoms. The van der Waals surface area contributed by atoms with Crippen molar-refractivity contribution in [2.45, 2.75) is 44.0 Å². The van der Waals surface area contributed by atoms with E-state index in [1.807, 2.05) is 13.8 Å². The predicted molar refractivity (Wildman–Crippen MR) is 96.7 cm³/mol. The van der Waals surface area contributed by atoms with Crippen LogP contribution in [0, 0.1) is 11.7 Å². The molecule has 1 aliphatic heterocycles. The maximum absolute atomic E-state index is 13.0. The van der Waals surface area contributed by atoms with Crippen molar-refractivity contribution in [3.05, 3.63) is 30.1 Å². The van der Waals surface area contributed by atoms with Crippen LogP contribution < -0.4 is 5.32 Å². The molecule has 1 saturated heterocycles. The summed E-state index contributed by atoms with van der Waals surface area (Å²) in [6.07, 6.45) is 1.40. The van der Waals surface area contributed by atoms with Gasteiger partial charge in [0.1, 0.15) is 5.82 Å². The number of carbonyl (C=O) groups excluding carboxylic acids is 2. The maximum atomic E-state index is 13.0. The summed E-state index contributed by atoms with van der Waals surface area (Å²) in [5.41, 5.74) is 0. The van der Waals surface area contributed by atoms with E-state index >= 15 is 0 Å². The van der Waals surface area contributed by atoms with Crippen molar-refractivity contribution >= 4 is 21.9 Å². The Kier molecular flexibility index (Phi) is 7.32. The fraction of sp³-hybridized carbons (Fsp3) is 0.556. The van der Waals surface area contributed by atoms with Crippen LogP contribution in [-0.4, -0.2) is 50.3 Å². The van der Waals surface area contributed by atoms with Gasteiger partial charge in [-0.05, 0) is 50.5 Å². The number of piperidine rings is 1. The van der Waals surface area contributed by atoms with E-state index in [9.17, 15) is 22.4 Å². The normalized spacial score (nSPS) is 17.3. The highest BCUT2D eigenvalue weighted by molar-refractivity contribution is 7.89. The van der Waals surface area contributed by atoms with E-state index in [1.165, 1.54) is 16.4 Å². The fourth-order valence-corrected chi connectivity index (χ4v) is 4.23. The summed E-state index contributed by atoms with van der Waals surface area (Å²) >= 11 is 0. The summed E-state index contributed by atoms with van der Waals surface area (Å²) in [5, 5.41) is 2.71. The van der Waals surface area contributed by atoms with Crippen LogP contribution in [-0.2, 0) is 24.3 Å². The summed E-state index contributed by atoms with van der Waals surface area (Å²) in [6, 6.07) is 4.65. The molecule has 0 unspecified atom stereocenters. The highest BCUT2D eigenvalue weighted by Gasteiger charge is 2.33. The second-order valence-electron chi connectivity index (χ2n) is 6.62. The van der Waals surface area contributed by atoms with E-state index in [0.717, 1.165) is 18.6 Å². The van der Waals surface area contributed by atoms with Crippen molar-refractivity contribution in [1.82, 2.24) is 9.62 Å². The second-order valence-corrected chi connectivity index (χ2v) is 8.55. The highest BCUT2D eigenvalue weighted by atomic mass is 32.2. The van der Waals surface area contributed by atoms with Crippen molar-refractivity contribution < 1.29 is 27.1 Å². The molecule has 0 spiro atoms. The lowest BCUT2D eigenvalue weighted by Gasteiger charge is -2.30. The minimum Gasteiger partial charge on any atom is -0.455 e. The number of ether oxygens (including phenoxy) is 1. The second kappa shape index (κ2) is 9.27. The predicted octanol–water partition coefficient (Wildman–Crippen LogP) is 1.68. The molecule has 1 atom stereocenters. The van der Waals surface area contributed by atoms with Gasteiger partial charge in [-0.1, -0.05) is 6.92 Å². The van der Waals surface area contributed by atoms with Gasteiger partial charge in [0.2, 0.25) is 10.0 Å². The SMILES string of the molecule is CC[C@@H](C)NC(=O)COC(=O)C1CCN(S(=O)(=O)c2ccc(F)cc2)CC1. The third kappa shape index (κ3) is 5.74. The Balaban J connectivity index is 1.84. The zero-order chi connectivity index (χ0) is 20.0. The number of nitrogens with zero attached hydrogens (tertiary/aromatic N) is 1. The average Bonchev–Trinajstić information content (AvgIpc) is 2.66. The number of sulfonamides is 1. The van der Waals surface area contributed by atoms with E-state index in [0.29, 0.717) is 12.8 Å². The molecule has 0 radical (unpaired) electrons. The van der Waals surface area contributed by atoms with Crippen molar-refractivity contribution in [3.63, 3.8) is 0 Å². The van der Waals surface area contributed by atoms with Gasteiger partial charge in [0.05, 0.1) is 10.8 Å². The van der Waals surface area contributed by atoms with Crippen molar-refractivity contribution in [1.29, 1.82) is 0 Å². The lowest BCUT2D eigenvalue weighted by Crippen LogP contribution is -2.41. The molecule has 1 N–H and O–H groups in total. The van der Waals surface area contributed by atoms with Crippen LogP contribution in [0.5, 0.6) is 0 Å². The Hall–Kier alpha value is -2.00. The molecule has 7 nitrogen and oxygen atoms in total. The van der Waals surface area contributed by atoms with Gasteiger partial charge in [-0.2, -0.15) is 4.31 Å². The Morgan fingerprint density at radius 1 is 1.26 bits per heavy atom. The summed E-state index contributed by atoms with van der Waals surface area (Å²) in [6.45, 7) is 3.79. The summed E-state index contributed by atoms with van der Waals surface area (Å²) in [5.74, 6) is -1.80. The summed E-state index contributed by atoms with van der Waals surface area (Å²) in [7, 11) is -3.72. The molecule has 1 aliphatic rings. The van der Waals surface area contributed by atoms with E-state index in [4.69, 9.17) is 4.74 Å². The lowest BCUT2D eigenvalue weighted by atomic mass is 9.98. The lowest BCUT2D eigenvalue weighted by molar-refractivity contribution is -0.153. The molecule has 0 aliphatic carbocycles. The fourth-order valence-electron chi connectivity index (χ4n) is 2.76. The molecule has 1 aromatic carbocycles. The van der Waals surface area contributed by atoms with Crippen LogP contribution in [0.2, 0.25) is 0 Å². The summed E-state index contributed by atoms with van der Waals surface area (Å²) < 4.78 is 44.4. The van der Waals surface area contributed by atoms with Crippen LogP contribution in [0.4, 0.5) is 4.39 Å². The van der Waals surface area contributed by atoms with Crippen LogP contribution in [0.3, 0.4) is 0 Å². The number of hydrogen-bond acceptors (Lipinski definition) is 5. The molecule has 9 heteroatoms. The van der Waals surface area contributed by atoms with Gasteiger partial charge in [0.15, 0.2) is 6.61 Å². The molecule has 150 valence electrons. The third-order valence-electron chi connectivity index (χ3n) is 4.60. The first-order chi connectivity index (χ1) is 12.7. The molecular weight excluding hydrogens is 375 g/mol. The quantitative estimate of drug-likeness (QED) is 0.703. The zero-order valence-electron chi connectivity index (χ0n) is 15.5. The number of halogens is 1. The third-order valence-corrected chi connectivity index (χ3v) is 6.52. The first-order valence-corrected chi connectivity index (χ1v) is 10.4. The minimum absolute atomic E-state index is 0.0103. The van der Waals surface area contributed by atoms with Gasteiger partial charge in [0, 0.05) is 19.1 Å². The van der Waals surface area contributed by atoms with Crippen molar-refractivity contribution in [2.75, 3.05) is 19.7 Å². The average molecular weight is 400 g/mol. The van der Waals surface area contributed by atoms with E-state index in [1.54, 1.807) is 0 Å². The van der Waals surface area contributed by atoms with Gasteiger partial charge in [-0.3, -0.25) is 9.59 Å². The Labute approximate surface area is 158 Å². The largest absolute Gasteiger partial charge is 0.455 e. The van der Waals surface area contributed by atoms with E-state index < -0.39 is 27.7 Å². The zero-order valence-corrected chi connectivity index (χ0v) is 16.3. The van der Waals surface area contributed by atoms with E-state index in [2.05, 4.69) is 5.32 Å².